The summed E-state index contributed by atoms with van der Waals surface area (Å²) in [6, 6.07) is 4.18. The SMILES string of the molecule is CCCC(C)(C)N(Cc1cccs1)C(=O)C1CCOCC1. The number of hydrogen-bond donors (Lipinski definition) is 0. The first-order valence-electron chi connectivity index (χ1n) is 7.96. The molecule has 4 heteroatoms. The molecule has 21 heavy (non-hydrogen) atoms. The van der Waals surface area contributed by atoms with Gasteiger partial charge in [-0.05, 0) is 44.6 Å². The van der Waals surface area contributed by atoms with Crippen LogP contribution in [0.15, 0.2) is 17.5 Å². The van der Waals surface area contributed by atoms with Crippen LogP contribution in [0.2, 0.25) is 0 Å². The Hall–Kier alpha value is -0.870. The highest BCUT2D eigenvalue weighted by Crippen LogP contribution is 2.29. The summed E-state index contributed by atoms with van der Waals surface area (Å²) >= 11 is 1.73. The number of ether oxygens (including phenoxy) is 1. The molecule has 2 heterocycles. The van der Waals surface area contributed by atoms with Crippen molar-refractivity contribution in [3.8, 4) is 0 Å². The number of hydrogen-bond acceptors (Lipinski definition) is 3. The van der Waals surface area contributed by atoms with E-state index in [4.69, 9.17) is 4.74 Å². The highest BCUT2D eigenvalue weighted by Gasteiger charge is 2.35. The highest BCUT2D eigenvalue weighted by molar-refractivity contribution is 7.09. The largest absolute Gasteiger partial charge is 0.381 e. The second-order valence-corrected chi connectivity index (χ2v) is 7.49. The molecule has 0 aromatic carbocycles. The Morgan fingerprint density at radius 2 is 2.14 bits per heavy atom. The molecule has 1 aromatic heterocycles. The molecule has 1 amide bonds. The first kappa shape index (κ1) is 16.5. The third kappa shape index (κ3) is 4.30. The minimum absolute atomic E-state index is 0.0892. The second kappa shape index (κ2) is 7.41. The molecule has 0 spiro atoms. The summed E-state index contributed by atoms with van der Waals surface area (Å²) in [5.41, 5.74) is -0.0892. The van der Waals surface area contributed by atoms with Crippen LogP contribution in [0.3, 0.4) is 0 Å². The fourth-order valence-electron chi connectivity index (χ4n) is 3.06. The number of thiophene rings is 1. The van der Waals surface area contributed by atoms with Crippen LogP contribution >= 0.6 is 11.3 Å². The van der Waals surface area contributed by atoms with Crippen LogP contribution in [0.25, 0.3) is 0 Å². The quantitative estimate of drug-likeness (QED) is 0.792. The summed E-state index contributed by atoms with van der Waals surface area (Å²) in [5.74, 6) is 0.444. The molecule has 1 aromatic rings. The second-order valence-electron chi connectivity index (χ2n) is 6.45. The monoisotopic (exact) mass is 309 g/mol. The summed E-state index contributed by atoms with van der Waals surface area (Å²) in [6.07, 6.45) is 3.85. The Balaban J connectivity index is 2.15. The van der Waals surface area contributed by atoms with E-state index >= 15 is 0 Å². The molecule has 118 valence electrons. The van der Waals surface area contributed by atoms with E-state index in [-0.39, 0.29) is 11.5 Å². The average molecular weight is 309 g/mol. The van der Waals surface area contributed by atoms with Gasteiger partial charge in [0.1, 0.15) is 0 Å². The van der Waals surface area contributed by atoms with Crippen molar-refractivity contribution < 1.29 is 9.53 Å². The zero-order valence-electron chi connectivity index (χ0n) is 13.4. The zero-order valence-corrected chi connectivity index (χ0v) is 14.2. The number of carbonyl (C=O) groups is 1. The van der Waals surface area contributed by atoms with Crippen LogP contribution in [0.1, 0.15) is 51.3 Å². The van der Waals surface area contributed by atoms with Gasteiger partial charge in [0.25, 0.3) is 0 Å². The fraction of sp³-hybridized carbons (Fsp3) is 0.706. The van der Waals surface area contributed by atoms with Gasteiger partial charge in [-0.15, -0.1) is 11.3 Å². The van der Waals surface area contributed by atoms with Crippen molar-refractivity contribution in [2.45, 2.75) is 58.5 Å². The molecule has 1 saturated heterocycles. The molecular weight excluding hydrogens is 282 g/mol. The van der Waals surface area contributed by atoms with Crippen molar-refractivity contribution in [2.24, 2.45) is 5.92 Å². The smallest absolute Gasteiger partial charge is 0.226 e. The maximum Gasteiger partial charge on any atom is 0.226 e. The first-order valence-corrected chi connectivity index (χ1v) is 8.84. The van der Waals surface area contributed by atoms with Gasteiger partial charge in [-0.1, -0.05) is 19.4 Å². The molecule has 1 aliphatic heterocycles. The summed E-state index contributed by atoms with van der Waals surface area (Å²) in [5, 5.41) is 2.08. The van der Waals surface area contributed by atoms with Gasteiger partial charge in [-0.3, -0.25) is 4.79 Å². The third-order valence-corrected chi connectivity index (χ3v) is 5.18. The Morgan fingerprint density at radius 1 is 1.43 bits per heavy atom. The van der Waals surface area contributed by atoms with E-state index < -0.39 is 0 Å². The minimum atomic E-state index is -0.0892. The average Bonchev–Trinajstić information content (AvgIpc) is 2.98. The van der Waals surface area contributed by atoms with Gasteiger partial charge >= 0.3 is 0 Å². The lowest BCUT2D eigenvalue weighted by Gasteiger charge is -2.41. The highest BCUT2D eigenvalue weighted by atomic mass is 32.1. The maximum absolute atomic E-state index is 13.0. The number of carbonyl (C=O) groups excluding carboxylic acids is 1. The van der Waals surface area contributed by atoms with Crippen molar-refractivity contribution in [3.63, 3.8) is 0 Å². The number of nitrogens with zero attached hydrogens (tertiary/aromatic N) is 1. The van der Waals surface area contributed by atoms with Crippen LogP contribution in [0.5, 0.6) is 0 Å². The van der Waals surface area contributed by atoms with Gasteiger partial charge in [0.2, 0.25) is 5.91 Å². The molecule has 0 unspecified atom stereocenters. The zero-order chi connectivity index (χ0) is 15.3. The summed E-state index contributed by atoms with van der Waals surface area (Å²) in [7, 11) is 0. The Morgan fingerprint density at radius 3 is 2.71 bits per heavy atom. The van der Waals surface area contributed by atoms with Crippen LogP contribution in [-0.2, 0) is 16.1 Å². The van der Waals surface area contributed by atoms with Gasteiger partial charge in [0, 0.05) is 29.5 Å². The molecule has 2 rings (SSSR count). The van der Waals surface area contributed by atoms with Gasteiger partial charge in [0.15, 0.2) is 0 Å². The van der Waals surface area contributed by atoms with Crippen molar-refractivity contribution in [1.82, 2.24) is 4.90 Å². The van der Waals surface area contributed by atoms with Gasteiger partial charge in [-0.25, -0.2) is 0 Å². The molecular formula is C17H27NO2S. The van der Waals surface area contributed by atoms with Crippen molar-refractivity contribution in [2.75, 3.05) is 13.2 Å². The molecule has 3 nitrogen and oxygen atoms in total. The number of rotatable bonds is 6. The molecule has 0 radical (unpaired) electrons. The molecule has 0 aliphatic carbocycles. The van der Waals surface area contributed by atoms with Crippen molar-refractivity contribution >= 4 is 17.2 Å². The van der Waals surface area contributed by atoms with E-state index in [0.717, 1.165) is 45.4 Å². The lowest BCUT2D eigenvalue weighted by atomic mass is 9.91. The normalized spacial score (nSPS) is 16.9. The van der Waals surface area contributed by atoms with Gasteiger partial charge in [-0.2, -0.15) is 0 Å². The predicted octanol–water partition coefficient (Wildman–Crippen LogP) is 4.08. The van der Waals surface area contributed by atoms with Gasteiger partial charge < -0.3 is 9.64 Å². The summed E-state index contributed by atoms with van der Waals surface area (Å²) < 4.78 is 5.40. The van der Waals surface area contributed by atoms with E-state index in [1.165, 1.54) is 4.88 Å². The summed E-state index contributed by atoms with van der Waals surface area (Å²) in [4.78, 5) is 16.4. The van der Waals surface area contributed by atoms with Crippen LogP contribution < -0.4 is 0 Å². The van der Waals surface area contributed by atoms with E-state index in [9.17, 15) is 4.79 Å². The summed E-state index contributed by atoms with van der Waals surface area (Å²) in [6.45, 7) is 8.75. The lowest BCUT2D eigenvalue weighted by molar-refractivity contribution is -0.145. The minimum Gasteiger partial charge on any atom is -0.381 e. The Bertz CT molecular complexity index is 436. The maximum atomic E-state index is 13.0. The van der Waals surface area contributed by atoms with Gasteiger partial charge in [0.05, 0.1) is 6.54 Å². The van der Waals surface area contributed by atoms with Crippen LogP contribution in [-0.4, -0.2) is 29.6 Å². The molecule has 0 atom stereocenters. The predicted molar refractivity (Wildman–Crippen MR) is 87.4 cm³/mol. The van der Waals surface area contributed by atoms with Crippen molar-refractivity contribution in [3.05, 3.63) is 22.4 Å². The molecule has 1 fully saturated rings. The van der Waals surface area contributed by atoms with E-state index in [1.54, 1.807) is 11.3 Å². The molecule has 0 bridgehead atoms. The van der Waals surface area contributed by atoms with E-state index in [2.05, 4.69) is 43.2 Å². The molecule has 1 aliphatic rings. The Labute approximate surface area is 132 Å². The lowest BCUT2D eigenvalue weighted by Crippen LogP contribution is -2.50. The fourth-order valence-corrected chi connectivity index (χ4v) is 3.75. The number of amides is 1. The van der Waals surface area contributed by atoms with Crippen LogP contribution in [0.4, 0.5) is 0 Å². The molecule has 0 saturated carbocycles. The first-order chi connectivity index (χ1) is 10.0. The Kier molecular flexibility index (Phi) is 5.82. The third-order valence-electron chi connectivity index (χ3n) is 4.32. The van der Waals surface area contributed by atoms with Crippen LogP contribution in [0, 0.1) is 5.92 Å². The molecule has 0 N–H and O–H groups in total. The van der Waals surface area contributed by atoms with E-state index in [0.29, 0.717) is 5.91 Å². The standard InChI is InChI=1S/C17H27NO2S/c1-4-9-17(2,3)18(13-15-6-5-12-21-15)16(19)14-7-10-20-11-8-14/h5-6,12,14H,4,7-11,13H2,1-3H3. The van der Waals surface area contributed by atoms with Crippen molar-refractivity contribution in [1.29, 1.82) is 0 Å². The topological polar surface area (TPSA) is 29.5 Å². The van der Waals surface area contributed by atoms with E-state index in [1.807, 2.05) is 0 Å².